The van der Waals surface area contributed by atoms with Gasteiger partial charge in [-0.25, -0.2) is 0 Å². The summed E-state index contributed by atoms with van der Waals surface area (Å²) >= 11 is 12.4. The average molecular weight is 492 g/mol. The molecule has 4 aromatic rings. The zero-order valence-electron chi connectivity index (χ0n) is 19.3. The van der Waals surface area contributed by atoms with Crippen LogP contribution in [0.5, 0.6) is 0 Å². The Kier molecular flexibility index (Phi) is 6.39. The van der Waals surface area contributed by atoms with Gasteiger partial charge in [0.1, 0.15) is 0 Å². The molecule has 0 spiro atoms. The van der Waals surface area contributed by atoms with E-state index in [1.54, 1.807) is 18.2 Å². The minimum absolute atomic E-state index is 0.175. The van der Waals surface area contributed by atoms with Gasteiger partial charge < -0.3 is 9.88 Å². The topological polar surface area (TPSA) is 39.3 Å². The Morgan fingerprint density at radius 3 is 2.18 bits per heavy atom. The van der Waals surface area contributed by atoms with Gasteiger partial charge >= 0.3 is 0 Å². The summed E-state index contributed by atoms with van der Waals surface area (Å²) in [6.45, 7) is 8.83. The molecule has 3 aromatic carbocycles. The number of aromatic nitrogens is 1. The molecular formula is C28H27Cl2N3O. The van der Waals surface area contributed by atoms with E-state index < -0.39 is 0 Å². The van der Waals surface area contributed by atoms with Crippen molar-refractivity contribution >= 4 is 39.8 Å². The van der Waals surface area contributed by atoms with Crippen molar-refractivity contribution in [3.63, 3.8) is 0 Å². The molecule has 0 aliphatic carbocycles. The van der Waals surface area contributed by atoms with Crippen molar-refractivity contribution in [2.75, 3.05) is 31.1 Å². The number of nitrogens with one attached hydrogen (secondary N) is 1. The Morgan fingerprint density at radius 1 is 0.794 bits per heavy atom. The molecule has 174 valence electrons. The van der Waals surface area contributed by atoms with Crippen LogP contribution >= 0.6 is 23.2 Å². The van der Waals surface area contributed by atoms with Gasteiger partial charge in [-0.15, -0.1) is 0 Å². The maximum absolute atomic E-state index is 12.7. The van der Waals surface area contributed by atoms with Crippen molar-refractivity contribution in [1.29, 1.82) is 0 Å². The third-order valence-electron chi connectivity index (χ3n) is 6.68. The maximum Gasteiger partial charge on any atom is 0.256 e. The van der Waals surface area contributed by atoms with Gasteiger partial charge in [-0.3, -0.25) is 9.69 Å². The molecule has 0 unspecified atom stereocenters. The van der Waals surface area contributed by atoms with E-state index in [2.05, 4.69) is 59.0 Å². The Labute approximate surface area is 209 Å². The minimum atomic E-state index is -0.175. The molecule has 0 saturated carbocycles. The molecule has 0 radical (unpaired) electrons. The lowest BCUT2D eigenvalue weighted by Gasteiger charge is -2.38. The van der Waals surface area contributed by atoms with Crippen LogP contribution in [0.15, 0.2) is 71.5 Å². The van der Waals surface area contributed by atoms with E-state index in [-0.39, 0.29) is 5.56 Å². The Balaban J connectivity index is 1.43. The molecule has 1 fully saturated rings. The van der Waals surface area contributed by atoms with Crippen molar-refractivity contribution in [3.8, 4) is 22.3 Å². The lowest BCUT2D eigenvalue weighted by atomic mass is 10.0. The quantitative estimate of drug-likeness (QED) is 0.345. The Bertz CT molecular complexity index is 1390. The summed E-state index contributed by atoms with van der Waals surface area (Å²) in [5, 5.41) is 1.95. The summed E-state index contributed by atoms with van der Waals surface area (Å²) in [7, 11) is 0. The number of aromatic amines is 1. The largest absolute Gasteiger partial charge is 0.369 e. The van der Waals surface area contributed by atoms with Crippen LogP contribution in [-0.2, 0) is 0 Å². The van der Waals surface area contributed by atoms with E-state index in [0.717, 1.165) is 48.2 Å². The summed E-state index contributed by atoms with van der Waals surface area (Å²) in [5.41, 5.74) is 5.32. The Morgan fingerprint density at radius 2 is 1.50 bits per heavy atom. The highest BCUT2D eigenvalue weighted by atomic mass is 35.5. The molecule has 5 rings (SSSR count). The lowest BCUT2D eigenvalue weighted by molar-refractivity contribution is 0.209. The SMILES string of the molecule is CC(C)N1CCN(c2ccc(-c3ccc4[nH]c(=O)c(-c5ccc(Cl)cc5Cl)cc4c3)cc2)CC1. The van der Waals surface area contributed by atoms with E-state index in [1.165, 1.54) is 5.69 Å². The molecule has 1 saturated heterocycles. The number of pyridine rings is 1. The molecule has 0 bridgehead atoms. The third kappa shape index (κ3) is 4.58. The number of benzene rings is 3. The van der Waals surface area contributed by atoms with Crippen LogP contribution in [0, 0.1) is 0 Å². The molecule has 6 heteroatoms. The van der Waals surface area contributed by atoms with E-state index in [1.807, 2.05) is 18.2 Å². The standard InChI is InChI=1S/C28H27Cl2N3O/c1-18(2)32-11-13-33(14-12-32)23-7-3-19(4-8-23)20-5-10-27-21(15-20)16-25(28(34)31-27)24-9-6-22(29)17-26(24)30/h3-10,15-18H,11-14H2,1-2H3,(H,31,34). The molecule has 1 aliphatic rings. The van der Waals surface area contributed by atoms with Gasteiger partial charge in [-0.1, -0.05) is 47.5 Å². The van der Waals surface area contributed by atoms with E-state index in [9.17, 15) is 4.79 Å². The number of rotatable bonds is 4. The highest BCUT2D eigenvalue weighted by Crippen LogP contribution is 2.31. The van der Waals surface area contributed by atoms with Crippen LogP contribution in [0.3, 0.4) is 0 Å². The minimum Gasteiger partial charge on any atom is -0.369 e. The first-order chi connectivity index (χ1) is 16.4. The summed E-state index contributed by atoms with van der Waals surface area (Å²) in [6.07, 6.45) is 0. The van der Waals surface area contributed by atoms with Gasteiger partial charge in [-0.2, -0.15) is 0 Å². The van der Waals surface area contributed by atoms with E-state index in [0.29, 0.717) is 27.2 Å². The highest BCUT2D eigenvalue weighted by molar-refractivity contribution is 6.36. The Hall–Kier alpha value is -2.79. The predicted octanol–water partition coefficient (Wildman–Crippen LogP) is 6.70. The van der Waals surface area contributed by atoms with Gasteiger partial charge in [-0.05, 0) is 72.8 Å². The second-order valence-electron chi connectivity index (χ2n) is 9.10. The second-order valence-corrected chi connectivity index (χ2v) is 9.95. The van der Waals surface area contributed by atoms with Crippen LogP contribution in [0.1, 0.15) is 13.8 Å². The summed E-state index contributed by atoms with van der Waals surface area (Å²) in [6, 6.07) is 22.5. The molecule has 1 aliphatic heterocycles. The van der Waals surface area contributed by atoms with Crippen molar-refractivity contribution in [1.82, 2.24) is 9.88 Å². The number of fused-ring (bicyclic) bond motifs is 1. The van der Waals surface area contributed by atoms with Crippen molar-refractivity contribution in [3.05, 3.63) is 87.1 Å². The fourth-order valence-corrected chi connectivity index (χ4v) is 5.17. The molecule has 34 heavy (non-hydrogen) atoms. The summed E-state index contributed by atoms with van der Waals surface area (Å²) in [5.74, 6) is 0. The number of piperazine rings is 1. The number of nitrogens with zero attached hydrogens (tertiary/aromatic N) is 2. The van der Waals surface area contributed by atoms with Crippen molar-refractivity contribution in [2.24, 2.45) is 0 Å². The molecule has 1 aromatic heterocycles. The van der Waals surface area contributed by atoms with Gasteiger partial charge in [0, 0.05) is 59.6 Å². The van der Waals surface area contributed by atoms with Crippen LogP contribution < -0.4 is 10.5 Å². The monoisotopic (exact) mass is 491 g/mol. The fraction of sp³-hybridized carbons (Fsp3) is 0.250. The number of hydrogen-bond donors (Lipinski definition) is 1. The zero-order valence-corrected chi connectivity index (χ0v) is 20.8. The van der Waals surface area contributed by atoms with Gasteiger partial charge in [0.2, 0.25) is 0 Å². The molecule has 4 nitrogen and oxygen atoms in total. The normalized spacial score (nSPS) is 14.8. The summed E-state index contributed by atoms with van der Waals surface area (Å²) < 4.78 is 0. The van der Waals surface area contributed by atoms with Gasteiger partial charge in [0.15, 0.2) is 0 Å². The van der Waals surface area contributed by atoms with Crippen LogP contribution in [0.4, 0.5) is 5.69 Å². The summed E-state index contributed by atoms with van der Waals surface area (Å²) in [4.78, 5) is 20.7. The van der Waals surface area contributed by atoms with E-state index >= 15 is 0 Å². The number of halogens is 2. The first-order valence-corrected chi connectivity index (χ1v) is 12.4. The smallest absolute Gasteiger partial charge is 0.256 e. The maximum atomic E-state index is 12.7. The van der Waals surface area contributed by atoms with Crippen LogP contribution in [-0.4, -0.2) is 42.1 Å². The first-order valence-electron chi connectivity index (χ1n) is 11.6. The number of anilines is 1. The average Bonchev–Trinajstić information content (AvgIpc) is 2.84. The number of hydrogen-bond acceptors (Lipinski definition) is 3. The molecule has 0 atom stereocenters. The van der Waals surface area contributed by atoms with Gasteiger partial charge in [0.05, 0.1) is 5.02 Å². The molecule has 0 amide bonds. The van der Waals surface area contributed by atoms with Gasteiger partial charge in [0.25, 0.3) is 5.56 Å². The predicted molar refractivity (Wildman–Crippen MR) is 144 cm³/mol. The highest BCUT2D eigenvalue weighted by Gasteiger charge is 2.19. The third-order valence-corrected chi connectivity index (χ3v) is 7.22. The molecule has 1 N–H and O–H groups in total. The zero-order chi connectivity index (χ0) is 23.8. The molecule has 2 heterocycles. The number of H-pyrrole nitrogens is 1. The lowest BCUT2D eigenvalue weighted by Crippen LogP contribution is -2.48. The second kappa shape index (κ2) is 9.46. The van der Waals surface area contributed by atoms with Crippen molar-refractivity contribution < 1.29 is 0 Å². The van der Waals surface area contributed by atoms with Crippen molar-refractivity contribution in [2.45, 2.75) is 19.9 Å². The fourth-order valence-electron chi connectivity index (χ4n) is 4.66. The molecular weight excluding hydrogens is 465 g/mol. The van der Waals surface area contributed by atoms with Crippen LogP contribution in [0.25, 0.3) is 33.2 Å². The van der Waals surface area contributed by atoms with E-state index in [4.69, 9.17) is 23.2 Å². The van der Waals surface area contributed by atoms with Crippen LogP contribution in [0.2, 0.25) is 10.0 Å². The first kappa shape index (κ1) is 23.0.